The number of nitrogens with two attached hydrogens (primary N) is 1. The van der Waals surface area contributed by atoms with Crippen LogP contribution in [0.25, 0.3) is 0 Å². The largest absolute Gasteiger partial charge is 0.384 e. The van der Waals surface area contributed by atoms with Crippen LogP contribution in [0.4, 0.5) is 5.82 Å². The van der Waals surface area contributed by atoms with E-state index in [2.05, 4.69) is 10.3 Å². The number of hydrogen-bond donors (Lipinski definition) is 2. The standard InChI is InChI=1S/C14H20N4O2/c1-4-10-7-9(8-11(15)17-10)12(19)18-6-5-16-13(20)14(18,2)3/h7-8H,4-6H2,1-3H3,(H2,15,17)(H,16,20). The average molecular weight is 276 g/mol. The lowest BCUT2D eigenvalue weighted by atomic mass is 9.97. The minimum atomic E-state index is -0.861. The maximum atomic E-state index is 12.6. The van der Waals surface area contributed by atoms with Gasteiger partial charge >= 0.3 is 0 Å². The molecule has 2 rings (SSSR count). The number of nitrogens with zero attached hydrogens (tertiary/aromatic N) is 2. The van der Waals surface area contributed by atoms with Crippen molar-refractivity contribution >= 4 is 17.6 Å². The molecular weight excluding hydrogens is 256 g/mol. The summed E-state index contributed by atoms with van der Waals surface area (Å²) in [6.07, 6.45) is 0.704. The van der Waals surface area contributed by atoms with E-state index >= 15 is 0 Å². The van der Waals surface area contributed by atoms with Crippen molar-refractivity contribution < 1.29 is 9.59 Å². The molecule has 1 saturated heterocycles. The molecule has 0 atom stereocenters. The van der Waals surface area contributed by atoms with Gasteiger partial charge in [-0.3, -0.25) is 9.59 Å². The zero-order valence-corrected chi connectivity index (χ0v) is 12.1. The lowest BCUT2D eigenvalue weighted by molar-refractivity contribution is -0.133. The molecule has 6 heteroatoms. The second-order valence-corrected chi connectivity index (χ2v) is 5.40. The third kappa shape index (κ3) is 2.45. The maximum absolute atomic E-state index is 12.6. The van der Waals surface area contributed by atoms with Crippen molar-refractivity contribution in [3.05, 3.63) is 23.4 Å². The van der Waals surface area contributed by atoms with E-state index in [0.29, 0.717) is 30.9 Å². The average Bonchev–Trinajstić information content (AvgIpc) is 2.40. The molecule has 1 fully saturated rings. The second kappa shape index (κ2) is 5.11. The van der Waals surface area contributed by atoms with E-state index in [0.717, 1.165) is 5.69 Å². The van der Waals surface area contributed by atoms with Crippen LogP contribution in [0.2, 0.25) is 0 Å². The topological polar surface area (TPSA) is 88.3 Å². The van der Waals surface area contributed by atoms with E-state index in [1.54, 1.807) is 30.9 Å². The van der Waals surface area contributed by atoms with Crippen LogP contribution in [0, 0.1) is 0 Å². The van der Waals surface area contributed by atoms with Crippen molar-refractivity contribution in [3.63, 3.8) is 0 Å². The van der Waals surface area contributed by atoms with Gasteiger partial charge < -0.3 is 16.0 Å². The Morgan fingerprint density at radius 2 is 2.20 bits per heavy atom. The fourth-order valence-electron chi connectivity index (χ4n) is 2.33. The number of aryl methyl sites for hydroxylation is 1. The first-order valence-corrected chi connectivity index (χ1v) is 6.73. The van der Waals surface area contributed by atoms with Gasteiger partial charge in [0.1, 0.15) is 11.4 Å². The van der Waals surface area contributed by atoms with Gasteiger partial charge in [-0.05, 0) is 32.4 Å². The number of nitrogen functional groups attached to an aromatic ring is 1. The highest BCUT2D eigenvalue weighted by molar-refractivity contribution is 6.00. The first-order valence-electron chi connectivity index (χ1n) is 6.73. The van der Waals surface area contributed by atoms with Crippen LogP contribution >= 0.6 is 0 Å². The van der Waals surface area contributed by atoms with E-state index in [9.17, 15) is 9.59 Å². The molecule has 0 aliphatic carbocycles. The van der Waals surface area contributed by atoms with E-state index in [1.807, 2.05) is 6.92 Å². The zero-order chi connectivity index (χ0) is 14.9. The molecule has 2 heterocycles. The molecule has 2 amide bonds. The molecule has 0 radical (unpaired) electrons. The smallest absolute Gasteiger partial charge is 0.254 e. The van der Waals surface area contributed by atoms with Gasteiger partial charge in [-0.2, -0.15) is 0 Å². The van der Waals surface area contributed by atoms with Gasteiger partial charge in [0.25, 0.3) is 5.91 Å². The predicted octanol–water partition coefficient (Wildman–Crippen LogP) is 0.577. The van der Waals surface area contributed by atoms with E-state index in [-0.39, 0.29) is 11.8 Å². The Morgan fingerprint density at radius 1 is 1.50 bits per heavy atom. The number of nitrogens with one attached hydrogen (secondary N) is 1. The summed E-state index contributed by atoms with van der Waals surface area (Å²) < 4.78 is 0. The van der Waals surface area contributed by atoms with Gasteiger partial charge in [0, 0.05) is 24.3 Å². The lowest BCUT2D eigenvalue weighted by Crippen LogP contribution is -2.63. The number of piperazine rings is 1. The zero-order valence-electron chi connectivity index (χ0n) is 12.1. The third-order valence-corrected chi connectivity index (χ3v) is 3.60. The van der Waals surface area contributed by atoms with Crippen LogP contribution in [0.15, 0.2) is 12.1 Å². The Kier molecular flexibility index (Phi) is 3.65. The molecule has 0 bridgehead atoms. The Balaban J connectivity index is 2.35. The summed E-state index contributed by atoms with van der Waals surface area (Å²) in [6.45, 7) is 6.39. The van der Waals surface area contributed by atoms with Gasteiger partial charge in [-0.1, -0.05) is 6.92 Å². The minimum absolute atomic E-state index is 0.144. The summed E-state index contributed by atoms with van der Waals surface area (Å²) in [5, 5.41) is 2.77. The molecule has 1 aliphatic rings. The van der Waals surface area contributed by atoms with Crippen LogP contribution in [0.3, 0.4) is 0 Å². The summed E-state index contributed by atoms with van der Waals surface area (Å²) in [4.78, 5) is 30.3. The molecule has 6 nitrogen and oxygen atoms in total. The third-order valence-electron chi connectivity index (χ3n) is 3.60. The summed E-state index contributed by atoms with van der Waals surface area (Å²) >= 11 is 0. The van der Waals surface area contributed by atoms with Crippen LogP contribution in [-0.4, -0.2) is 40.3 Å². The number of anilines is 1. The molecule has 0 aromatic carbocycles. The molecule has 1 aromatic heterocycles. The number of pyridine rings is 1. The Bertz CT molecular complexity index is 554. The highest BCUT2D eigenvalue weighted by Crippen LogP contribution is 2.21. The number of aromatic nitrogens is 1. The van der Waals surface area contributed by atoms with Gasteiger partial charge in [-0.15, -0.1) is 0 Å². The number of carbonyl (C=O) groups excluding carboxylic acids is 2. The van der Waals surface area contributed by atoms with Crippen LogP contribution < -0.4 is 11.1 Å². The summed E-state index contributed by atoms with van der Waals surface area (Å²) in [5.74, 6) is -0.00420. The van der Waals surface area contributed by atoms with E-state index < -0.39 is 5.54 Å². The number of rotatable bonds is 2. The molecule has 1 aromatic rings. The molecule has 108 valence electrons. The fourth-order valence-corrected chi connectivity index (χ4v) is 2.33. The Morgan fingerprint density at radius 3 is 2.85 bits per heavy atom. The van der Waals surface area contributed by atoms with E-state index in [1.165, 1.54) is 0 Å². The summed E-state index contributed by atoms with van der Waals surface area (Å²) in [6, 6.07) is 3.30. The predicted molar refractivity (Wildman–Crippen MR) is 76.2 cm³/mol. The number of amides is 2. The van der Waals surface area contributed by atoms with Gasteiger partial charge in [0.2, 0.25) is 5.91 Å². The normalized spacial score (nSPS) is 17.8. The monoisotopic (exact) mass is 276 g/mol. The van der Waals surface area contributed by atoms with Crippen molar-refractivity contribution in [3.8, 4) is 0 Å². The molecule has 0 spiro atoms. The first-order chi connectivity index (χ1) is 9.36. The first kappa shape index (κ1) is 14.3. The molecule has 0 saturated carbocycles. The fraction of sp³-hybridized carbons (Fsp3) is 0.500. The maximum Gasteiger partial charge on any atom is 0.254 e. The van der Waals surface area contributed by atoms with E-state index in [4.69, 9.17) is 5.73 Å². The summed E-state index contributed by atoms with van der Waals surface area (Å²) in [5.41, 5.74) is 6.13. The van der Waals surface area contributed by atoms with Gasteiger partial charge in [0.15, 0.2) is 0 Å². The van der Waals surface area contributed by atoms with Crippen LogP contribution in [0.5, 0.6) is 0 Å². The Hall–Kier alpha value is -2.11. The quantitative estimate of drug-likeness (QED) is 0.827. The molecule has 1 aliphatic heterocycles. The number of hydrogen-bond acceptors (Lipinski definition) is 4. The second-order valence-electron chi connectivity index (χ2n) is 5.40. The van der Waals surface area contributed by atoms with Crippen LogP contribution in [0.1, 0.15) is 36.8 Å². The highest BCUT2D eigenvalue weighted by Gasteiger charge is 2.40. The van der Waals surface area contributed by atoms with Crippen molar-refractivity contribution in [2.75, 3.05) is 18.8 Å². The molecule has 0 unspecified atom stereocenters. The highest BCUT2D eigenvalue weighted by atomic mass is 16.2. The van der Waals surface area contributed by atoms with Crippen molar-refractivity contribution in [2.45, 2.75) is 32.7 Å². The van der Waals surface area contributed by atoms with Gasteiger partial charge in [-0.25, -0.2) is 4.98 Å². The van der Waals surface area contributed by atoms with Crippen molar-refractivity contribution in [2.24, 2.45) is 0 Å². The molecule has 3 N–H and O–H groups in total. The summed E-state index contributed by atoms with van der Waals surface area (Å²) in [7, 11) is 0. The molecule has 20 heavy (non-hydrogen) atoms. The van der Waals surface area contributed by atoms with Crippen molar-refractivity contribution in [1.29, 1.82) is 0 Å². The minimum Gasteiger partial charge on any atom is -0.384 e. The van der Waals surface area contributed by atoms with Crippen LogP contribution in [-0.2, 0) is 11.2 Å². The SMILES string of the molecule is CCc1cc(C(=O)N2CCNC(=O)C2(C)C)cc(N)n1. The molecular formula is C14H20N4O2. The number of carbonyl (C=O) groups is 2. The van der Waals surface area contributed by atoms with Crippen molar-refractivity contribution in [1.82, 2.24) is 15.2 Å². The lowest BCUT2D eigenvalue weighted by Gasteiger charge is -2.41. The van der Waals surface area contributed by atoms with Gasteiger partial charge in [0.05, 0.1) is 0 Å². The Labute approximate surface area is 118 Å².